The fourth-order valence-electron chi connectivity index (χ4n) is 3.43. The van der Waals surface area contributed by atoms with E-state index in [0.717, 1.165) is 25.5 Å². The van der Waals surface area contributed by atoms with Gasteiger partial charge in [-0.1, -0.05) is 32.3 Å². The first kappa shape index (κ1) is 17.7. The number of nitrogens with one attached hydrogen (secondary N) is 1. The molecular formula is C18H35NO. The maximum absolute atomic E-state index is 6.18. The van der Waals surface area contributed by atoms with Crippen LogP contribution in [0, 0.1) is 5.92 Å². The van der Waals surface area contributed by atoms with Crippen LogP contribution in [-0.4, -0.2) is 25.3 Å². The summed E-state index contributed by atoms with van der Waals surface area (Å²) in [5, 5.41) is 3.75. The molecular weight excluding hydrogens is 246 g/mol. The molecule has 1 rings (SSSR count). The van der Waals surface area contributed by atoms with E-state index in [1.807, 2.05) is 6.08 Å². The Labute approximate surface area is 126 Å². The van der Waals surface area contributed by atoms with Crippen LogP contribution in [0.1, 0.15) is 71.6 Å². The molecule has 1 saturated carbocycles. The van der Waals surface area contributed by atoms with Gasteiger partial charge >= 0.3 is 0 Å². The van der Waals surface area contributed by atoms with Gasteiger partial charge in [0, 0.05) is 12.6 Å². The molecule has 2 unspecified atom stereocenters. The van der Waals surface area contributed by atoms with E-state index < -0.39 is 0 Å². The fraction of sp³-hybridized carbons (Fsp3) is 0.889. The average molecular weight is 281 g/mol. The van der Waals surface area contributed by atoms with E-state index in [-0.39, 0.29) is 0 Å². The number of allylic oxidation sites excluding steroid dienone is 1. The fourth-order valence-corrected chi connectivity index (χ4v) is 3.43. The lowest BCUT2D eigenvalue weighted by molar-refractivity contribution is -0.0196. The third-order valence-electron chi connectivity index (χ3n) is 4.45. The highest BCUT2D eigenvalue weighted by molar-refractivity contribution is 4.85. The summed E-state index contributed by atoms with van der Waals surface area (Å²) in [6, 6.07) is 0.526. The zero-order valence-corrected chi connectivity index (χ0v) is 13.7. The molecule has 0 saturated heterocycles. The van der Waals surface area contributed by atoms with Crippen molar-refractivity contribution >= 4 is 0 Å². The van der Waals surface area contributed by atoms with Gasteiger partial charge in [-0.2, -0.15) is 0 Å². The standard InChI is InChI=1S/C18H35NO/c1-4-7-9-14-17(19-15-5-2)18(20-6-3)16-12-10-8-11-13-16/h4,16-19H,1,5-15H2,2-3H3. The molecule has 0 spiro atoms. The van der Waals surface area contributed by atoms with Gasteiger partial charge < -0.3 is 10.1 Å². The Morgan fingerprint density at radius 3 is 2.60 bits per heavy atom. The maximum Gasteiger partial charge on any atom is 0.0755 e. The van der Waals surface area contributed by atoms with Crippen LogP contribution < -0.4 is 5.32 Å². The maximum atomic E-state index is 6.18. The minimum Gasteiger partial charge on any atom is -0.377 e. The van der Waals surface area contributed by atoms with Gasteiger partial charge in [-0.05, 0) is 57.9 Å². The largest absolute Gasteiger partial charge is 0.377 e. The van der Waals surface area contributed by atoms with E-state index in [0.29, 0.717) is 12.1 Å². The van der Waals surface area contributed by atoms with Crippen molar-refractivity contribution in [3.63, 3.8) is 0 Å². The molecule has 1 aliphatic rings. The summed E-state index contributed by atoms with van der Waals surface area (Å²) in [6.07, 6.45) is 14.1. The average Bonchev–Trinajstić information content (AvgIpc) is 2.50. The van der Waals surface area contributed by atoms with Gasteiger partial charge in [0.05, 0.1) is 6.10 Å². The minimum absolute atomic E-state index is 0.414. The summed E-state index contributed by atoms with van der Waals surface area (Å²) < 4.78 is 6.18. The lowest BCUT2D eigenvalue weighted by Crippen LogP contribution is -2.46. The Morgan fingerprint density at radius 2 is 2.00 bits per heavy atom. The number of ether oxygens (including phenoxy) is 1. The minimum atomic E-state index is 0.414. The first-order valence-electron chi connectivity index (χ1n) is 8.79. The summed E-state index contributed by atoms with van der Waals surface area (Å²) >= 11 is 0. The number of unbranched alkanes of at least 4 members (excludes halogenated alkanes) is 1. The molecule has 1 fully saturated rings. The second kappa shape index (κ2) is 11.3. The van der Waals surface area contributed by atoms with Crippen LogP contribution in [-0.2, 0) is 4.74 Å². The molecule has 2 atom stereocenters. The summed E-state index contributed by atoms with van der Waals surface area (Å²) in [5.74, 6) is 0.766. The van der Waals surface area contributed by atoms with Crippen LogP contribution in [0.15, 0.2) is 12.7 Å². The molecule has 20 heavy (non-hydrogen) atoms. The Balaban J connectivity index is 2.59. The highest BCUT2D eigenvalue weighted by Gasteiger charge is 2.30. The Hall–Kier alpha value is -0.340. The van der Waals surface area contributed by atoms with Crippen molar-refractivity contribution in [2.24, 2.45) is 5.92 Å². The molecule has 0 radical (unpaired) electrons. The number of hydrogen-bond donors (Lipinski definition) is 1. The van der Waals surface area contributed by atoms with Gasteiger partial charge in [-0.3, -0.25) is 0 Å². The van der Waals surface area contributed by atoms with E-state index in [4.69, 9.17) is 4.74 Å². The third kappa shape index (κ3) is 6.41. The van der Waals surface area contributed by atoms with Gasteiger partial charge in [0.25, 0.3) is 0 Å². The van der Waals surface area contributed by atoms with Crippen molar-refractivity contribution in [2.45, 2.75) is 83.8 Å². The van der Waals surface area contributed by atoms with Crippen LogP contribution in [0.5, 0.6) is 0 Å². The highest BCUT2D eigenvalue weighted by atomic mass is 16.5. The number of hydrogen-bond acceptors (Lipinski definition) is 2. The van der Waals surface area contributed by atoms with E-state index in [1.165, 1.54) is 51.4 Å². The Kier molecular flexibility index (Phi) is 10.0. The normalized spacial score (nSPS) is 19.7. The molecule has 0 aliphatic heterocycles. The molecule has 1 aliphatic carbocycles. The van der Waals surface area contributed by atoms with Crippen LogP contribution in [0.25, 0.3) is 0 Å². The van der Waals surface area contributed by atoms with E-state index in [1.54, 1.807) is 0 Å². The topological polar surface area (TPSA) is 21.3 Å². The zero-order valence-electron chi connectivity index (χ0n) is 13.7. The Bertz CT molecular complexity index is 236. The van der Waals surface area contributed by atoms with Crippen molar-refractivity contribution in [3.05, 3.63) is 12.7 Å². The van der Waals surface area contributed by atoms with Crippen molar-refractivity contribution in [2.75, 3.05) is 13.2 Å². The van der Waals surface area contributed by atoms with Crippen LogP contribution in [0.2, 0.25) is 0 Å². The van der Waals surface area contributed by atoms with Gasteiger partial charge in [0.15, 0.2) is 0 Å². The summed E-state index contributed by atoms with van der Waals surface area (Å²) in [5.41, 5.74) is 0. The molecule has 0 aromatic heterocycles. The van der Waals surface area contributed by atoms with Gasteiger partial charge in [-0.15, -0.1) is 6.58 Å². The number of rotatable bonds is 11. The summed E-state index contributed by atoms with van der Waals surface area (Å²) in [6.45, 7) is 10.2. The van der Waals surface area contributed by atoms with Crippen molar-refractivity contribution in [1.82, 2.24) is 5.32 Å². The molecule has 0 heterocycles. The molecule has 118 valence electrons. The monoisotopic (exact) mass is 281 g/mol. The first-order valence-corrected chi connectivity index (χ1v) is 8.79. The van der Waals surface area contributed by atoms with Gasteiger partial charge in [0.2, 0.25) is 0 Å². The molecule has 2 nitrogen and oxygen atoms in total. The van der Waals surface area contributed by atoms with Crippen molar-refractivity contribution in [3.8, 4) is 0 Å². The second-order valence-electron chi connectivity index (χ2n) is 6.10. The zero-order chi connectivity index (χ0) is 14.6. The second-order valence-corrected chi connectivity index (χ2v) is 6.10. The predicted molar refractivity (Wildman–Crippen MR) is 88.1 cm³/mol. The summed E-state index contributed by atoms with van der Waals surface area (Å²) in [7, 11) is 0. The SMILES string of the molecule is C=CCCCC(NCCC)C(OCC)C1CCCCC1. The van der Waals surface area contributed by atoms with Crippen molar-refractivity contribution < 1.29 is 4.74 Å². The molecule has 0 aromatic carbocycles. The lowest BCUT2D eigenvalue weighted by Gasteiger charge is -2.36. The Morgan fingerprint density at radius 1 is 1.25 bits per heavy atom. The molecule has 0 bridgehead atoms. The molecule has 1 N–H and O–H groups in total. The summed E-state index contributed by atoms with van der Waals surface area (Å²) in [4.78, 5) is 0. The first-order chi connectivity index (χ1) is 9.83. The molecule has 0 amide bonds. The van der Waals surface area contributed by atoms with Gasteiger partial charge in [0.1, 0.15) is 0 Å². The van der Waals surface area contributed by atoms with E-state index in [2.05, 4.69) is 25.7 Å². The molecule has 0 aromatic rings. The van der Waals surface area contributed by atoms with Crippen LogP contribution in [0.4, 0.5) is 0 Å². The third-order valence-corrected chi connectivity index (χ3v) is 4.45. The molecule has 2 heteroatoms. The van der Waals surface area contributed by atoms with E-state index in [9.17, 15) is 0 Å². The lowest BCUT2D eigenvalue weighted by atomic mass is 9.81. The van der Waals surface area contributed by atoms with Crippen molar-refractivity contribution in [1.29, 1.82) is 0 Å². The highest BCUT2D eigenvalue weighted by Crippen LogP contribution is 2.30. The smallest absolute Gasteiger partial charge is 0.0755 e. The van der Waals surface area contributed by atoms with Gasteiger partial charge in [-0.25, -0.2) is 0 Å². The van der Waals surface area contributed by atoms with Crippen LogP contribution in [0.3, 0.4) is 0 Å². The van der Waals surface area contributed by atoms with E-state index >= 15 is 0 Å². The predicted octanol–water partition coefficient (Wildman–Crippen LogP) is 4.70. The quantitative estimate of drug-likeness (QED) is 0.438. The van der Waals surface area contributed by atoms with Crippen LogP contribution >= 0.6 is 0 Å².